The molecule has 1 N–H and O–H groups in total. The highest BCUT2D eigenvalue weighted by molar-refractivity contribution is 9.10. The third-order valence-electron chi connectivity index (χ3n) is 1.80. The van der Waals surface area contributed by atoms with E-state index in [2.05, 4.69) is 20.9 Å². The van der Waals surface area contributed by atoms with E-state index < -0.39 is 18.7 Å². The zero-order valence-electron chi connectivity index (χ0n) is 7.63. The Hall–Kier alpha value is -0.620. The number of hydrogen-bond donors (Lipinski definition) is 1. The molecule has 0 amide bonds. The summed E-state index contributed by atoms with van der Waals surface area (Å²) in [5, 5.41) is 9.47. The number of rotatable bonds is 3. The van der Waals surface area contributed by atoms with Crippen LogP contribution in [0.5, 0.6) is 0 Å². The molecule has 1 atom stereocenters. The number of aliphatic hydroxyl groups excluding tert-OH is 1. The number of aliphatic hydroxyl groups is 1. The Morgan fingerprint density at radius 3 is 2.67 bits per heavy atom. The summed E-state index contributed by atoms with van der Waals surface area (Å²) in [7, 11) is 0. The molecule has 0 bridgehead atoms. The molecule has 0 saturated heterocycles. The smallest absolute Gasteiger partial charge is 0.387 e. The van der Waals surface area contributed by atoms with E-state index in [1.54, 1.807) is 12.1 Å². The summed E-state index contributed by atoms with van der Waals surface area (Å²) in [6.45, 7) is 0. The predicted molar refractivity (Wildman–Crippen MR) is 52.2 cm³/mol. The second-order valence-corrected chi connectivity index (χ2v) is 3.89. The maximum absolute atomic E-state index is 11.9. The maximum atomic E-state index is 11.9. The molecule has 1 unspecified atom stereocenters. The lowest BCUT2D eigenvalue weighted by molar-refractivity contribution is -0.140. The SMILES string of the molecule is OC(CCC(F)(F)F)c1ncccc1Br. The monoisotopic (exact) mass is 283 g/mol. The normalized spacial score (nSPS) is 13.9. The van der Waals surface area contributed by atoms with Crippen LogP contribution in [-0.2, 0) is 0 Å². The van der Waals surface area contributed by atoms with Crippen LogP contribution in [0, 0.1) is 0 Å². The largest absolute Gasteiger partial charge is 0.389 e. The van der Waals surface area contributed by atoms with Gasteiger partial charge in [-0.05, 0) is 34.5 Å². The van der Waals surface area contributed by atoms with Crippen molar-refractivity contribution < 1.29 is 18.3 Å². The lowest BCUT2D eigenvalue weighted by Crippen LogP contribution is -2.11. The topological polar surface area (TPSA) is 33.1 Å². The van der Waals surface area contributed by atoms with Crippen LogP contribution in [0.1, 0.15) is 24.6 Å². The maximum Gasteiger partial charge on any atom is 0.389 e. The molecule has 0 saturated carbocycles. The molecule has 0 aliphatic carbocycles. The van der Waals surface area contributed by atoms with E-state index in [-0.39, 0.29) is 12.1 Å². The van der Waals surface area contributed by atoms with Crippen LogP contribution in [0.2, 0.25) is 0 Å². The van der Waals surface area contributed by atoms with Crippen molar-refractivity contribution in [1.82, 2.24) is 4.98 Å². The average molecular weight is 284 g/mol. The molecule has 84 valence electrons. The fourth-order valence-electron chi connectivity index (χ4n) is 1.08. The van der Waals surface area contributed by atoms with Gasteiger partial charge in [0.1, 0.15) is 0 Å². The highest BCUT2D eigenvalue weighted by Crippen LogP contribution is 2.29. The first-order chi connectivity index (χ1) is 6.90. The van der Waals surface area contributed by atoms with Crippen molar-refractivity contribution >= 4 is 15.9 Å². The summed E-state index contributed by atoms with van der Waals surface area (Å²) in [6.07, 6.45) is -5.41. The zero-order chi connectivity index (χ0) is 11.5. The Morgan fingerprint density at radius 2 is 2.13 bits per heavy atom. The minimum atomic E-state index is -4.25. The van der Waals surface area contributed by atoms with Gasteiger partial charge in [-0.15, -0.1) is 0 Å². The summed E-state index contributed by atoms with van der Waals surface area (Å²) in [5.41, 5.74) is 0.238. The second kappa shape index (κ2) is 4.94. The standard InChI is InChI=1S/C9H9BrF3NO/c10-6-2-1-5-14-8(6)7(15)3-4-9(11,12)13/h1-2,5,7,15H,3-4H2. The molecular formula is C9H9BrF3NO. The minimum Gasteiger partial charge on any atom is -0.387 e. The zero-order valence-corrected chi connectivity index (χ0v) is 9.22. The van der Waals surface area contributed by atoms with Gasteiger partial charge >= 0.3 is 6.18 Å². The third-order valence-corrected chi connectivity index (χ3v) is 2.47. The summed E-state index contributed by atoms with van der Waals surface area (Å²) in [6, 6.07) is 3.25. The number of halogens is 4. The molecule has 0 aromatic carbocycles. The Balaban J connectivity index is 2.62. The van der Waals surface area contributed by atoms with Crippen molar-refractivity contribution in [2.45, 2.75) is 25.1 Å². The van der Waals surface area contributed by atoms with Gasteiger partial charge in [0.25, 0.3) is 0 Å². The van der Waals surface area contributed by atoms with E-state index in [4.69, 9.17) is 0 Å². The number of hydrogen-bond acceptors (Lipinski definition) is 2. The van der Waals surface area contributed by atoms with Gasteiger partial charge < -0.3 is 5.11 Å². The van der Waals surface area contributed by atoms with Gasteiger partial charge in [-0.1, -0.05) is 0 Å². The van der Waals surface area contributed by atoms with Crippen LogP contribution < -0.4 is 0 Å². The molecule has 2 nitrogen and oxygen atoms in total. The number of pyridine rings is 1. The fourth-order valence-corrected chi connectivity index (χ4v) is 1.60. The van der Waals surface area contributed by atoms with Crippen LogP contribution in [0.15, 0.2) is 22.8 Å². The van der Waals surface area contributed by atoms with Crippen molar-refractivity contribution in [2.75, 3.05) is 0 Å². The van der Waals surface area contributed by atoms with Crippen LogP contribution in [0.25, 0.3) is 0 Å². The molecule has 6 heteroatoms. The van der Waals surface area contributed by atoms with E-state index in [1.165, 1.54) is 6.20 Å². The quantitative estimate of drug-likeness (QED) is 0.924. The van der Waals surface area contributed by atoms with Gasteiger partial charge in [-0.2, -0.15) is 13.2 Å². The van der Waals surface area contributed by atoms with Gasteiger partial charge in [-0.25, -0.2) is 0 Å². The molecule has 0 aliphatic rings. The lowest BCUT2D eigenvalue weighted by Gasteiger charge is -2.12. The molecule has 0 radical (unpaired) electrons. The van der Waals surface area contributed by atoms with E-state index in [0.717, 1.165) is 0 Å². The highest BCUT2D eigenvalue weighted by Gasteiger charge is 2.28. The summed E-state index contributed by atoms with van der Waals surface area (Å²) in [4.78, 5) is 3.81. The number of alkyl halides is 3. The van der Waals surface area contributed by atoms with Crippen molar-refractivity contribution in [3.63, 3.8) is 0 Å². The van der Waals surface area contributed by atoms with E-state index >= 15 is 0 Å². The summed E-state index contributed by atoms with van der Waals surface area (Å²) >= 11 is 3.11. The molecule has 1 rings (SSSR count). The molecule has 1 aromatic rings. The highest BCUT2D eigenvalue weighted by atomic mass is 79.9. The van der Waals surface area contributed by atoms with Crippen LogP contribution in [0.3, 0.4) is 0 Å². The number of nitrogens with zero attached hydrogens (tertiary/aromatic N) is 1. The summed E-state index contributed by atoms with van der Waals surface area (Å²) < 4.78 is 36.2. The molecule has 0 fully saturated rings. The van der Waals surface area contributed by atoms with Crippen LogP contribution in [-0.4, -0.2) is 16.3 Å². The molecular weight excluding hydrogens is 275 g/mol. The fraction of sp³-hybridized carbons (Fsp3) is 0.444. The van der Waals surface area contributed by atoms with Gasteiger partial charge in [-0.3, -0.25) is 4.98 Å². The Bertz CT molecular complexity index is 329. The van der Waals surface area contributed by atoms with E-state index in [9.17, 15) is 18.3 Å². The van der Waals surface area contributed by atoms with Crippen molar-refractivity contribution in [3.05, 3.63) is 28.5 Å². The molecule has 0 aliphatic heterocycles. The first kappa shape index (κ1) is 12.4. The van der Waals surface area contributed by atoms with Gasteiger partial charge in [0, 0.05) is 17.1 Å². The van der Waals surface area contributed by atoms with Crippen molar-refractivity contribution in [3.8, 4) is 0 Å². The molecule has 1 heterocycles. The third kappa shape index (κ3) is 4.17. The minimum absolute atomic E-state index is 0.238. The number of aromatic nitrogens is 1. The van der Waals surface area contributed by atoms with Crippen LogP contribution >= 0.6 is 15.9 Å². The molecule has 15 heavy (non-hydrogen) atoms. The predicted octanol–water partition coefficient (Wildman–Crippen LogP) is 3.22. The van der Waals surface area contributed by atoms with Gasteiger partial charge in [0.05, 0.1) is 11.8 Å². The first-order valence-electron chi connectivity index (χ1n) is 4.25. The average Bonchev–Trinajstić information content (AvgIpc) is 2.14. The van der Waals surface area contributed by atoms with Gasteiger partial charge in [0.2, 0.25) is 0 Å². The van der Waals surface area contributed by atoms with Gasteiger partial charge in [0.15, 0.2) is 0 Å². The van der Waals surface area contributed by atoms with E-state index in [1.807, 2.05) is 0 Å². The summed E-state index contributed by atoms with van der Waals surface area (Å²) in [5.74, 6) is 0. The molecule has 0 spiro atoms. The molecule has 1 aromatic heterocycles. The van der Waals surface area contributed by atoms with E-state index in [0.29, 0.717) is 4.47 Å². The van der Waals surface area contributed by atoms with Crippen molar-refractivity contribution in [2.24, 2.45) is 0 Å². The second-order valence-electron chi connectivity index (χ2n) is 3.04. The Labute approximate surface area is 93.3 Å². The Morgan fingerprint density at radius 1 is 1.47 bits per heavy atom. The van der Waals surface area contributed by atoms with Crippen molar-refractivity contribution in [1.29, 1.82) is 0 Å². The Kier molecular flexibility index (Phi) is 4.10. The first-order valence-corrected chi connectivity index (χ1v) is 5.04. The van der Waals surface area contributed by atoms with Crippen LogP contribution in [0.4, 0.5) is 13.2 Å². The lowest BCUT2D eigenvalue weighted by atomic mass is 10.1.